The molecule has 0 aromatic heterocycles. The molecule has 3 heteroatoms. The third kappa shape index (κ3) is 6.20. The van der Waals surface area contributed by atoms with Gasteiger partial charge in [0.05, 0.1) is 6.54 Å². The summed E-state index contributed by atoms with van der Waals surface area (Å²) in [6.45, 7) is 13.6. The molecule has 112 valence electrons. The molecule has 1 aromatic carbocycles. The van der Waals surface area contributed by atoms with Gasteiger partial charge < -0.3 is 10.6 Å². The molecule has 1 amide bonds. The Kier molecular flexibility index (Phi) is 5.35. The summed E-state index contributed by atoms with van der Waals surface area (Å²) in [6.07, 6.45) is 0. The van der Waals surface area contributed by atoms with Crippen LogP contribution >= 0.6 is 0 Å². The Hall–Kier alpha value is -1.35. The number of nitrogens with one attached hydrogen (secondary N) is 2. The Bertz CT molecular complexity index is 436. The average Bonchev–Trinajstić information content (AvgIpc) is 2.26. The molecule has 1 aromatic rings. The second-order valence-electron chi connectivity index (χ2n) is 7.35. The van der Waals surface area contributed by atoms with Gasteiger partial charge in [0.25, 0.3) is 0 Å². The molecular weight excluding hydrogens is 248 g/mol. The second-order valence-corrected chi connectivity index (χ2v) is 7.35. The number of carbonyl (C=O) groups is 1. The van der Waals surface area contributed by atoms with E-state index < -0.39 is 0 Å². The van der Waals surface area contributed by atoms with Crippen molar-refractivity contribution in [2.24, 2.45) is 0 Å². The minimum Gasteiger partial charge on any atom is -0.350 e. The van der Waals surface area contributed by atoms with Crippen LogP contribution in [0.1, 0.15) is 52.7 Å². The summed E-state index contributed by atoms with van der Waals surface area (Å²) in [4.78, 5) is 11.7. The van der Waals surface area contributed by atoms with Gasteiger partial charge in [-0.3, -0.25) is 4.79 Å². The molecule has 0 saturated carbocycles. The van der Waals surface area contributed by atoms with Crippen LogP contribution in [0.15, 0.2) is 24.3 Å². The third-order valence-electron chi connectivity index (χ3n) is 2.95. The normalized spacial score (nSPS) is 12.3. The Morgan fingerprint density at radius 1 is 1.00 bits per heavy atom. The summed E-state index contributed by atoms with van der Waals surface area (Å²) in [6, 6.07) is 8.56. The molecule has 0 unspecified atom stereocenters. The average molecular weight is 276 g/mol. The van der Waals surface area contributed by atoms with Crippen LogP contribution in [0.3, 0.4) is 0 Å². The first kappa shape index (κ1) is 16.7. The minimum absolute atomic E-state index is 0.0313. The number of hydrogen-bond donors (Lipinski definition) is 2. The Labute approximate surface area is 123 Å². The monoisotopic (exact) mass is 276 g/mol. The van der Waals surface area contributed by atoms with E-state index in [1.165, 1.54) is 11.1 Å². The van der Waals surface area contributed by atoms with Crippen molar-refractivity contribution in [3.05, 3.63) is 35.4 Å². The zero-order valence-electron chi connectivity index (χ0n) is 13.6. The van der Waals surface area contributed by atoms with Crippen LogP contribution < -0.4 is 10.6 Å². The standard InChI is InChI=1S/C17H28N2O/c1-16(2,3)14-9-7-13(8-10-14)11-18-12-15(20)19-17(4,5)6/h7-10,18H,11-12H2,1-6H3,(H,19,20). The summed E-state index contributed by atoms with van der Waals surface area (Å²) in [5.74, 6) is 0.0313. The number of hydrogen-bond acceptors (Lipinski definition) is 2. The highest BCUT2D eigenvalue weighted by atomic mass is 16.2. The highest BCUT2D eigenvalue weighted by molar-refractivity contribution is 5.78. The van der Waals surface area contributed by atoms with Gasteiger partial charge in [-0.1, -0.05) is 45.0 Å². The van der Waals surface area contributed by atoms with Crippen LogP contribution in [-0.2, 0) is 16.8 Å². The second kappa shape index (κ2) is 6.40. The van der Waals surface area contributed by atoms with Gasteiger partial charge in [-0.15, -0.1) is 0 Å². The van der Waals surface area contributed by atoms with Gasteiger partial charge in [0.2, 0.25) is 5.91 Å². The molecule has 0 bridgehead atoms. The summed E-state index contributed by atoms with van der Waals surface area (Å²) >= 11 is 0. The third-order valence-corrected chi connectivity index (χ3v) is 2.95. The molecule has 0 spiro atoms. The lowest BCUT2D eigenvalue weighted by atomic mass is 9.87. The van der Waals surface area contributed by atoms with Crippen molar-refractivity contribution >= 4 is 5.91 Å². The van der Waals surface area contributed by atoms with Gasteiger partial charge in [-0.2, -0.15) is 0 Å². The van der Waals surface area contributed by atoms with E-state index in [1.54, 1.807) is 0 Å². The van der Waals surface area contributed by atoms with E-state index in [0.29, 0.717) is 13.1 Å². The maximum Gasteiger partial charge on any atom is 0.234 e. The van der Waals surface area contributed by atoms with E-state index in [1.807, 2.05) is 20.8 Å². The van der Waals surface area contributed by atoms with E-state index in [9.17, 15) is 4.79 Å². The molecule has 1 rings (SSSR count). The first-order chi connectivity index (χ1) is 9.08. The van der Waals surface area contributed by atoms with E-state index in [0.717, 1.165) is 0 Å². The predicted molar refractivity (Wildman–Crippen MR) is 84.7 cm³/mol. The molecule has 0 aliphatic rings. The highest BCUT2D eigenvalue weighted by Crippen LogP contribution is 2.22. The molecule has 0 aliphatic heterocycles. The largest absolute Gasteiger partial charge is 0.350 e. The zero-order chi connectivity index (χ0) is 15.4. The maximum atomic E-state index is 11.7. The lowest BCUT2D eigenvalue weighted by Gasteiger charge is -2.21. The van der Waals surface area contributed by atoms with Crippen molar-refractivity contribution in [3.8, 4) is 0 Å². The fourth-order valence-corrected chi connectivity index (χ4v) is 1.91. The van der Waals surface area contributed by atoms with E-state index in [4.69, 9.17) is 0 Å². The summed E-state index contributed by atoms with van der Waals surface area (Å²) in [5, 5.41) is 6.10. The van der Waals surface area contributed by atoms with Gasteiger partial charge in [0.1, 0.15) is 0 Å². The van der Waals surface area contributed by atoms with Gasteiger partial charge in [0.15, 0.2) is 0 Å². The number of rotatable bonds is 4. The van der Waals surface area contributed by atoms with Crippen LogP contribution in [-0.4, -0.2) is 18.0 Å². The fourth-order valence-electron chi connectivity index (χ4n) is 1.91. The molecule has 3 nitrogen and oxygen atoms in total. The Morgan fingerprint density at radius 2 is 1.55 bits per heavy atom. The fraction of sp³-hybridized carbons (Fsp3) is 0.588. The van der Waals surface area contributed by atoms with Crippen molar-refractivity contribution in [1.82, 2.24) is 10.6 Å². The summed E-state index contributed by atoms with van der Waals surface area (Å²) < 4.78 is 0. The molecule has 0 fully saturated rings. The van der Waals surface area contributed by atoms with Crippen molar-refractivity contribution in [3.63, 3.8) is 0 Å². The van der Waals surface area contributed by atoms with Crippen molar-refractivity contribution in [2.45, 2.75) is 59.0 Å². The molecule has 0 aliphatic carbocycles. The molecule has 2 N–H and O–H groups in total. The van der Waals surface area contributed by atoms with Crippen molar-refractivity contribution in [2.75, 3.05) is 6.54 Å². The summed E-state index contributed by atoms with van der Waals surface area (Å²) in [5.41, 5.74) is 2.53. The number of carbonyl (C=O) groups excluding carboxylic acids is 1. The van der Waals surface area contributed by atoms with Gasteiger partial charge in [-0.25, -0.2) is 0 Å². The predicted octanol–water partition coefficient (Wildman–Crippen LogP) is 2.99. The van der Waals surface area contributed by atoms with Crippen molar-refractivity contribution < 1.29 is 4.79 Å². The zero-order valence-corrected chi connectivity index (χ0v) is 13.6. The molecule has 0 heterocycles. The first-order valence-corrected chi connectivity index (χ1v) is 7.19. The smallest absolute Gasteiger partial charge is 0.234 e. The molecule has 20 heavy (non-hydrogen) atoms. The lowest BCUT2D eigenvalue weighted by molar-refractivity contribution is -0.121. The Balaban J connectivity index is 2.42. The molecular formula is C17H28N2O. The van der Waals surface area contributed by atoms with E-state index in [2.05, 4.69) is 55.7 Å². The van der Waals surface area contributed by atoms with Gasteiger partial charge in [0, 0.05) is 12.1 Å². The minimum atomic E-state index is -0.173. The van der Waals surface area contributed by atoms with Crippen LogP contribution in [0.5, 0.6) is 0 Å². The molecule has 0 atom stereocenters. The summed E-state index contributed by atoms with van der Waals surface area (Å²) in [7, 11) is 0. The van der Waals surface area contributed by atoms with E-state index >= 15 is 0 Å². The van der Waals surface area contributed by atoms with E-state index in [-0.39, 0.29) is 16.9 Å². The lowest BCUT2D eigenvalue weighted by Crippen LogP contribution is -2.44. The molecule has 0 saturated heterocycles. The number of amides is 1. The van der Waals surface area contributed by atoms with Crippen molar-refractivity contribution in [1.29, 1.82) is 0 Å². The number of benzene rings is 1. The molecule has 0 radical (unpaired) electrons. The quantitative estimate of drug-likeness (QED) is 0.887. The topological polar surface area (TPSA) is 41.1 Å². The van der Waals surface area contributed by atoms with Crippen LogP contribution in [0, 0.1) is 0 Å². The van der Waals surface area contributed by atoms with Crippen LogP contribution in [0.4, 0.5) is 0 Å². The SMILES string of the molecule is CC(C)(C)NC(=O)CNCc1ccc(C(C)(C)C)cc1. The van der Waals surface area contributed by atoms with Crippen LogP contribution in [0.25, 0.3) is 0 Å². The first-order valence-electron chi connectivity index (χ1n) is 7.19. The highest BCUT2D eigenvalue weighted by Gasteiger charge is 2.14. The van der Waals surface area contributed by atoms with Crippen LogP contribution in [0.2, 0.25) is 0 Å². The maximum absolute atomic E-state index is 11.7. The van der Waals surface area contributed by atoms with Gasteiger partial charge >= 0.3 is 0 Å². The Morgan fingerprint density at radius 3 is 2.00 bits per heavy atom. The van der Waals surface area contributed by atoms with Gasteiger partial charge in [-0.05, 0) is 37.3 Å².